The summed E-state index contributed by atoms with van der Waals surface area (Å²) in [7, 11) is -9.39. The Balaban J connectivity index is 1.97. The summed E-state index contributed by atoms with van der Waals surface area (Å²) in [6.07, 6.45) is 0. The van der Waals surface area contributed by atoms with Gasteiger partial charge in [-0.05, 0) is 36.5 Å². The summed E-state index contributed by atoms with van der Waals surface area (Å²) < 4.78 is 69.0. The van der Waals surface area contributed by atoms with Crippen LogP contribution in [0.2, 0.25) is 15.1 Å². The van der Waals surface area contributed by atoms with Gasteiger partial charge in [-0.3, -0.25) is 4.55 Å². The summed E-state index contributed by atoms with van der Waals surface area (Å²) in [5.74, 6) is -0.781. The molecule has 1 N–H and O–H groups in total. The van der Waals surface area contributed by atoms with Crippen LogP contribution >= 0.6 is 47.0 Å². The minimum Gasteiger partial charge on any atom is -0.444 e. The zero-order valence-electron chi connectivity index (χ0n) is 15.5. The van der Waals surface area contributed by atoms with Crippen molar-refractivity contribution >= 4 is 72.3 Å². The van der Waals surface area contributed by atoms with Crippen LogP contribution in [0.5, 0.6) is 11.5 Å². The zero-order valence-corrected chi connectivity index (χ0v) is 20.2. The van der Waals surface area contributed by atoms with Crippen molar-refractivity contribution in [1.82, 2.24) is 0 Å². The first kappa shape index (κ1) is 24.7. The predicted octanol–water partition coefficient (Wildman–Crippen LogP) is 5.42. The molecule has 0 fully saturated rings. The van der Waals surface area contributed by atoms with E-state index in [1.807, 2.05) is 0 Å². The molecule has 32 heavy (non-hydrogen) atoms. The lowest BCUT2D eigenvalue weighted by Gasteiger charge is -2.13. The van der Waals surface area contributed by atoms with Crippen LogP contribution in [0, 0.1) is 0 Å². The van der Waals surface area contributed by atoms with Gasteiger partial charge in [0.15, 0.2) is 5.05 Å². The van der Waals surface area contributed by atoms with Crippen molar-refractivity contribution in [2.45, 2.75) is 9.79 Å². The van der Waals surface area contributed by atoms with Gasteiger partial charge in [0.2, 0.25) is 0 Å². The molecule has 0 saturated carbocycles. The van der Waals surface area contributed by atoms with Crippen LogP contribution in [0.4, 0.5) is 0 Å². The molecule has 13 heteroatoms. The fourth-order valence-corrected chi connectivity index (χ4v) is 5.18. The topological polar surface area (TPSA) is 107 Å². The molecule has 0 heterocycles. The third kappa shape index (κ3) is 5.70. The Morgan fingerprint density at radius 3 is 2.06 bits per heavy atom. The normalized spacial score (nSPS) is 11.8. The van der Waals surface area contributed by atoms with E-state index in [2.05, 4.69) is 0 Å². The Morgan fingerprint density at radius 2 is 1.44 bits per heavy atom. The SMILES string of the molecule is O=S(=O)(O)c1cc(OS(=O)(=O)c2cc(Cl)c(Cl)cc2Cl)ccc1OC(=S)c1ccccc1. The second-order valence-electron chi connectivity index (χ2n) is 6.07. The molecule has 0 amide bonds. The number of thiocarbonyl (C=S) groups is 1. The van der Waals surface area contributed by atoms with Crippen LogP contribution in [0.25, 0.3) is 0 Å². The van der Waals surface area contributed by atoms with Gasteiger partial charge in [0.05, 0.1) is 15.1 Å². The third-order valence-corrected chi connectivity index (χ3v) is 7.48. The molecule has 0 aliphatic carbocycles. The molecule has 168 valence electrons. The van der Waals surface area contributed by atoms with E-state index in [4.69, 9.17) is 55.9 Å². The summed E-state index contributed by atoms with van der Waals surface area (Å²) in [6, 6.07) is 13.5. The molecule has 0 atom stereocenters. The second-order valence-corrected chi connectivity index (χ2v) is 10.6. The molecule has 0 aliphatic heterocycles. The minimum absolute atomic E-state index is 0.0279. The maximum absolute atomic E-state index is 12.6. The number of rotatable bonds is 6. The van der Waals surface area contributed by atoms with E-state index >= 15 is 0 Å². The molecule has 0 radical (unpaired) electrons. The molecule has 3 aromatic carbocycles. The molecule has 0 aromatic heterocycles. The molecule has 3 rings (SSSR count). The summed E-state index contributed by atoms with van der Waals surface area (Å²) in [5.41, 5.74) is 0.487. The van der Waals surface area contributed by atoms with Gasteiger partial charge in [0.25, 0.3) is 10.1 Å². The van der Waals surface area contributed by atoms with E-state index in [1.165, 1.54) is 0 Å². The number of benzene rings is 3. The summed E-state index contributed by atoms with van der Waals surface area (Å²) in [6.45, 7) is 0. The van der Waals surface area contributed by atoms with Crippen molar-refractivity contribution in [2.75, 3.05) is 0 Å². The molecule has 7 nitrogen and oxygen atoms in total. The predicted molar refractivity (Wildman–Crippen MR) is 124 cm³/mol. The zero-order chi connectivity index (χ0) is 23.7. The quantitative estimate of drug-likeness (QED) is 0.187. The summed E-state index contributed by atoms with van der Waals surface area (Å²) in [4.78, 5) is -1.25. The van der Waals surface area contributed by atoms with Crippen LogP contribution in [0.15, 0.2) is 70.5 Å². The van der Waals surface area contributed by atoms with Gasteiger partial charge in [-0.15, -0.1) is 0 Å². The molecule has 0 saturated heterocycles. The Hall–Kier alpha value is -1.92. The van der Waals surface area contributed by atoms with Gasteiger partial charge < -0.3 is 8.92 Å². The van der Waals surface area contributed by atoms with Gasteiger partial charge in [-0.1, -0.05) is 65.1 Å². The molecule has 0 spiro atoms. The highest BCUT2D eigenvalue weighted by molar-refractivity contribution is 7.87. The van der Waals surface area contributed by atoms with Gasteiger partial charge >= 0.3 is 10.1 Å². The van der Waals surface area contributed by atoms with Crippen LogP contribution in [-0.2, 0) is 20.2 Å². The van der Waals surface area contributed by atoms with E-state index in [-0.39, 0.29) is 25.9 Å². The van der Waals surface area contributed by atoms with Gasteiger partial charge in [0.1, 0.15) is 21.3 Å². The highest BCUT2D eigenvalue weighted by Crippen LogP contribution is 2.35. The number of halogens is 3. The van der Waals surface area contributed by atoms with Crippen molar-refractivity contribution in [2.24, 2.45) is 0 Å². The van der Waals surface area contributed by atoms with Gasteiger partial charge in [-0.25, -0.2) is 0 Å². The monoisotopic (exact) mass is 552 g/mol. The third-order valence-electron chi connectivity index (χ3n) is 3.86. The van der Waals surface area contributed by atoms with E-state index in [9.17, 15) is 21.4 Å². The first-order valence-corrected chi connectivity index (χ1v) is 12.8. The van der Waals surface area contributed by atoms with Crippen molar-refractivity contribution in [3.8, 4) is 11.5 Å². The Bertz CT molecular complexity index is 1410. The standard InChI is InChI=1S/C19H11Cl3O7S3/c20-13-9-15(22)17(10-14(13)21)32(26,27)29-12-6-7-16(18(8-12)31(23,24)25)28-19(30)11-4-2-1-3-5-11/h1-10H,(H,23,24,25). The average Bonchev–Trinajstić information content (AvgIpc) is 2.71. The Morgan fingerprint density at radius 1 is 0.812 bits per heavy atom. The molecule has 0 aliphatic rings. The van der Waals surface area contributed by atoms with E-state index in [1.54, 1.807) is 30.3 Å². The smallest absolute Gasteiger partial charge is 0.340 e. The molecular formula is C19H11Cl3O7S3. The number of ether oxygens (including phenoxy) is 1. The van der Waals surface area contributed by atoms with Crippen LogP contribution < -0.4 is 8.92 Å². The fourth-order valence-electron chi connectivity index (χ4n) is 2.43. The van der Waals surface area contributed by atoms with Gasteiger partial charge in [-0.2, -0.15) is 16.8 Å². The fraction of sp³-hybridized carbons (Fsp3) is 0. The van der Waals surface area contributed by atoms with Crippen molar-refractivity contribution in [3.63, 3.8) is 0 Å². The molecule has 0 bridgehead atoms. The Kier molecular flexibility index (Phi) is 7.35. The molecular weight excluding hydrogens is 543 g/mol. The molecule has 0 unspecified atom stereocenters. The average molecular weight is 554 g/mol. The maximum Gasteiger partial charge on any atom is 0.340 e. The van der Waals surface area contributed by atoms with Crippen LogP contribution in [0.1, 0.15) is 5.56 Å². The van der Waals surface area contributed by atoms with Crippen molar-refractivity contribution in [3.05, 3.63) is 81.3 Å². The minimum atomic E-state index is -4.85. The highest BCUT2D eigenvalue weighted by Gasteiger charge is 2.25. The van der Waals surface area contributed by atoms with Crippen LogP contribution in [-0.4, -0.2) is 26.4 Å². The van der Waals surface area contributed by atoms with Crippen molar-refractivity contribution in [1.29, 1.82) is 0 Å². The van der Waals surface area contributed by atoms with E-state index in [0.717, 1.165) is 30.3 Å². The van der Waals surface area contributed by atoms with E-state index < -0.39 is 35.8 Å². The number of hydrogen-bond acceptors (Lipinski definition) is 7. The van der Waals surface area contributed by atoms with E-state index in [0.29, 0.717) is 5.56 Å². The highest BCUT2D eigenvalue weighted by atomic mass is 35.5. The summed E-state index contributed by atoms with van der Waals surface area (Å²) in [5, 5.41) is -0.392. The first-order chi connectivity index (χ1) is 14.9. The number of hydrogen-bond donors (Lipinski definition) is 1. The van der Waals surface area contributed by atoms with Crippen molar-refractivity contribution < 1.29 is 30.3 Å². The Labute approximate surface area is 204 Å². The first-order valence-electron chi connectivity index (χ1n) is 8.36. The summed E-state index contributed by atoms with van der Waals surface area (Å²) >= 11 is 22.7. The maximum atomic E-state index is 12.6. The second kappa shape index (κ2) is 9.52. The lowest BCUT2D eigenvalue weighted by atomic mass is 10.2. The largest absolute Gasteiger partial charge is 0.444 e. The van der Waals surface area contributed by atoms with Gasteiger partial charge in [0, 0.05) is 11.6 Å². The van der Waals surface area contributed by atoms with Crippen LogP contribution in [0.3, 0.4) is 0 Å². The molecule has 3 aromatic rings. The lowest BCUT2D eigenvalue weighted by Crippen LogP contribution is -2.13. The lowest BCUT2D eigenvalue weighted by molar-refractivity contribution is 0.466.